The van der Waals surface area contributed by atoms with Crippen LogP contribution in [0.15, 0.2) is 48.8 Å². The number of carbonyl (C=O) groups excluding carboxylic acids is 1. The number of nitrogens with one attached hydrogen (secondary N) is 1. The topological polar surface area (TPSA) is 171 Å². The highest BCUT2D eigenvalue weighted by atomic mass is 31.1. The van der Waals surface area contributed by atoms with E-state index in [-0.39, 0.29) is 45.7 Å². The van der Waals surface area contributed by atoms with E-state index in [1.807, 2.05) is 32.0 Å². The van der Waals surface area contributed by atoms with Crippen LogP contribution in [0.4, 0.5) is 5.82 Å². The molecule has 0 bridgehead atoms. The van der Waals surface area contributed by atoms with Gasteiger partial charge in [0.15, 0.2) is 5.82 Å². The largest absolute Gasteiger partial charge is 0.508 e. The standard InChI is InChI=1S/C17H26N5O4P.C6H6O.C4H8O2/c1-10(2)25-15(23)7-21-27-24-8-12-6-11(3)16(26-12)13-4-5-14-17(18)19-9-20-22(13)14;7-6-4-2-1-3-5-6;1-3(2)4(5)6/h4-5,9-12,16,21,27H,6-8H2,1-3H3,(H2,18,19,20);1-5,7H;3H,1-2H3,(H,5,6). The van der Waals surface area contributed by atoms with E-state index in [1.165, 1.54) is 6.33 Å². The van der Waals surface area contributed by atoms with Crippen LogP contribution in [-0.2, 0) is 23.6 Å². The second kappa shape index (κ2) is 16.7. The lowest BCUT2D eigenvalue weighted by Crippen LogP contribution is -2.22. The number of para-hydroxylation sites is 1. The van der Waals surface area contributed by atoms with Crippen LogP contribution in [-0.4, -0.2) is 62.1 Å². The first-order chi connectivity index (χ1) is 19.0. The van der Waals surface area contributed by atoms with Crippen molar-refractivity contribution < 1.29 is 33.8 Å². The zero-order chi connectivity index (χ0) is 29.7. The fourth-order valence-corrected chi connectivity index (χ4v) is 4.21. The van der Waals surface area contributed by atoms with Crippen molar-refractivity contribution in [2.24, 2.45) is 11.8 Å². The van der Waals surface area contributed by atoms with Crippen LogP contribution in [0.3, 0.4) is 0 Å². The number of nitrogens with zero attached hydrogens (tertiary/aromatic N) is 3. The highest BCUT2D eigenvalue weighted by Gasteiger charge is 2.35. The minimum atomic E-state index is -0.741. The smallest absolute Gasteiger partial charge is 0.320 e. The van der Waals surface area contributed by atoms with Gasteiger partial charge in [-0.1, -0.05) is 39.0 Å². The van der Waals surface area contributed by atoms with E-state index < -0.39 is 5.97 Å². The van der Waals surface area contributed by atoms with E-state index >= 15 is 0 Å². The van der Waals surface area contributed by atoms with E-state index in [0.717, 1.165) is 17.6 Å². The van der Waals surface area contributed by atoms with Crippen LogP contribution in [0.5, 0.6) is 5.75 Å². The quantitative estimate of drug-likeness (QED) is 0.165. The Hall–Kier alpha value is -3.31. The van der Waals surface area contributed by atoms with E-state index in [9.17, 15) is 9.59 Å². The van der Waals surface area contributed by atoms with Crippen molar-refractivity contribution in [3.8, 4) is 5.75 Å². The molecule has 0 saturated carbocycles. The minimum Gasteiger partial charge on any atom is -0.508 e. The molecule has 1 aromatic carbocycles. The Kier molecular flexibility index (Phi) is 13.7. The molecule has 4 unspecified atom stereocenters. The molecule has 0 amide bonds. The molecule has 40 heavy (non-hydrogen) atoms. The lowest BCUT2D eigenvalue weighted by Gasteiger charge is -2.16. The third kappa shape index (κ3) is 11.1. The van der Waals surface area contributed by atoms with Crippen molar-refractivity contribution in [1.82, 2.24) is 19.7 Å². The van der Waals surface area contributed by atoms with Gasteiger partial charge < -0.3 is 29.9 Å². The summed E-state index contributed by atoms with van der Waals surface area (Å²) >= 11 is 0. The zero-order valence-electron chi connectivity index (χ0n) is 23.5. The van der Waals surface area contributed by atoms with Gasteiger partial charge in [0.25, 0.3) is 0 Å². The number of nitrogen functional groups attached to an aromatic ring is 1. The molecular formula is C27H40N5O7P. The van der Waals surface area contributed by atoms with E-state index in [2.05, 4.69) is 22.1 Å². The molecule has 13 heteroatoms. The molecule has 2 aromatic heterocycles. The molecule has 4 rings (SSSR count). The predicted octanol–water partition coefficient (Wildman–Crippen LogP) is 3.96. The maximum absolute atomic E-state index is 11.4. The number of anilines is 1. The monoisotopic (exact) mass is 577 g/mol. The number of carboxylic acids is 1. The lowest BCUT2D eigenvalue weighted by atomic mass is 10.00. The Morgan fingerprint density at radius 2 is 1.88 bits per heavy atom. The van der Waals surface area contributed by atoms with Crippen molar-refractivity contribution in [2.45, 2.75) is 59.4 Å². The third-order valence-electron chi connectivity index (χ3n) is 5.56. The van der Waals surface area contributed by atoms with Gasteiger partial charge in [0.05, 0.1) is 45.9 Å². The molecule has 0 spiro atoms. The number of phenols is 1. The van der Waals surface area contributed by atoms with Crippen molar-refractivity contribution in [1.29, 1.82) is 0 Å². The number of nitrogens with two attached hydrogens (primary N) is 1. The number of hydrogen-bond acceptors (Lipinski definition) is 10. The van der Waals surface area contributed by atoms with Gasteiger partial charge in [0.1, 0.15) is 23.7 Å². The first-order valence-electron chi connectivity index (χ1n) is 13.0. The van der Waals surface area contributed by atoms with E-state index in [4.69, 9.17) is 29.9 Å². The fourth-order valence-electron chi connectivity index (χ4n) is 3.62. The number of carboxylic acid groups (broad SMARTS) is 1. The number of benzene rings is 1. The molecule has 1 saturated heterocycles. The Balaban J connectivity index is 0.000000354. The number of rotatable bonds is 9. The first kappa shape index (κ1) is 32.9. The van der Waals surface area contributed by atoms with Crippen molar-refractivity contribution >= 4 is 32.2 Å². The molecule has 1 fully saturated rings. The molecule has 12 nitrogen and oxygen atoms in total. The van der Waals surface area contributed by atoms with Gasteiger partial charge in [-0.25, -0.2) is 9.50 Å². The van der Waals surface area contributed by atoms with Gasteiger partial charge >= 0.3 is 11.9 Å². The van der Waals surface area contributed by atoms with E-state index in [1.54, 1.807) is 42.6 Å². The molecule has 220 valence electrons. The SMILES string of the molecule is CC(C)C(=O)O.CC(C)OC(=O)CNPOCC1CC(C)C(c2ccc3c(N)ncnn23)O1.Oc1ccccc1. The highest BCUT2D eigenvalue weighted by molar-refractivity contribution is 7.29. The van der Waals surface area contributed by atoms with Crippen LogP contribution >= 0.6 is 8.96 Å². The maximum atomic E-state index is 11.4. The number of carbonyl (C=O) groups is 2. The summed E-state index contributed by atoms with van der Waals surface area (Å²) in [5.41, 5.74) is 7.64. The summed E-state index contributed by atoms with van der Waals surface area (Å²) < 4.78 is 18.6. The predicted molar refractivity (Wildman–Crippen MR) is 153 cm³/mol. The number of phenolic OH excluding ortho intramolecular Hbond substituents is 1. The molecule has 4 atom stereocenters. The van der Waals surface area contributed by atoms with Gasteiger partial charge in [-0.3, -0.25) is 14.7 Å². The Bertz CT molecular complexity index is 1190. The first-order valence-corrected chi connectivity index (χ1v) is 13.9. The molecule has 0 radical (unpaired) electrons. The summed E-state index contributed by atoms with van der Waals surface area (Å²) in [4.78, 5) is 25.2. The van der Waals surface area contributed by atoms with Crippen LogP contribution in [0.1, 0.15) is 52.8 Å². The number of aliphatic carboxylic acids is 1. The molecule has 3 heterocycles. The number of ether oxygens (including phenoxy) is 2. The summed E-state index contributed by atoms with van der Waals surface area (Å²) in [6, 6.07) is 12.6. The number of aromatic hydroxyl groups is 1. The zero-order valence-corrected chi connectivity index (χ0v) is 24.5. The third-order valence-corrected chi connectivity index (χ3v) is 6.19. The lowest BCUT2D eigenvalue weighted by molar-refractivity contribution is -0.146. The summed E-state index contributed by atoms with van der Waals surface area (Å²) in [5.74, 6) is -0.161. The summed E-state index contributed by atoms with van der Waals surface area (Å²) in [5, 5.41) is 23.8. The second-order valence-electron chi connectivity index (χ2n) is 9.73. The van der Waals surface area contributed by atoms with Crippen molar-refractivity contribution in [2.75, 3.05) is 18.9 Å². The second-order valence-corrected chi connectivity index (χ2v) is 10.6. The van der Waals surface area contributed by atoms with Gasteiger partial charge in [-0.15, -0.1) is 0 Å². The average molecular weight is 578 g/mol. The molecule has 0 aliphatic carbocycles. The van der Waals surface area contributed by atoms with Crippen LogP contribution in [0.25, 0.3) is 5.52 Å². The van der Waals surface area contributed by atoms with Crippen molar-refractivity contribution in [3.05, 3.63) is 54.5 Å². The number of fused-ring (bicyclic) bond motifs is 1. The molecule has 3 aromatic rings. The summed E-state index contributed by atoms with van der Waals surface area (Å²) in [7, 11) is 0.0148. The highest BCUT2D eigenvalue weighted by Crippen LogP contribution is 2.39. The van der Waals surface area contributed by atoms with Crippen LogP contribution < -0.4 is 10.8 Å². The Morgan fingerprint density at radius 3 is 2.45 bits per heavy atom. The number of esters is 1. The van der Waals surface area contributed by atoms with Crippen molar-refractivity contribution in [3.63, 3.8) is 0 Å². The number of aromatic nitrogens is 3. The Labute approximate surface area is 236 Å². The van der Waals surface area contributed by atoms with Gasteiger partial charge in [0.2, 0.25) is 0 Å². The Morgan fingerprint density at radius 1 is 1.20 bits per heavy atom. The molecule has 1 aliphatic rings. The average Bonchev–Trinajstić information content (AvgIpc) is 3.48. The number of hydrogen-bond donors (Lipinski definition) is 4. The van der Waals surface area contributed by atoms with Gasteiger partial charge in [0, 0.05) is 0 Å². The fraction of sp³-hybridized carbons (Fsp3) is 0.481. The normalized spacial score (nSPS) is 18.4. The van der Waals surface area contributed by atoms with Gasteiger partial charge in [-0.05, 0) is 50.5 Å². The molecule has 1 aliphatic heterocycles. The molecule has 5 N–H and O–H groups in total. The maximum Gasteiger partial charge on any atom is 0.320 e. The van der Waals surface area contributed by atoms with Gasteiger partial charge in [-0.2, -0.15) is 5.10 Å². The summed E-state index contributed by atoms with van der Waals surface area (Å²) in [6.07, 6.45) is 2.14. The van der Waals surface area contributed by atoms with Crippen LogP contribution in [0.2, 0.25) is 0 Å². The van der Waals surface area contributed by atoms with Crippen LogP contribution in [0, 0.1) is 11.8 Å². The molecular weight excluding hydrogens is 537 g/mol. The van der Waals surface area contributed by atoms with E-state index in [0.29, 0.717) is 24.1 Å². The minimum absolute atomic E-state index is 0.00773. The summed E-state index contributed by atoms with van der Waals surface area (Å²) in [6.45, 7) is 9.67.